The maximum atomic E-state index is 14.4. The van der Waals surface area contributed by atoms with Gasteiger partial charge in [0.25, 0.3) is 0 Å². The molecule has 3 aromatic rings. The molecule has 0 radical (unpaired) electrons. The number of rotatable bonds is 4. The van der Waals surface area contributed by atoms with Crippen LogP contribution in [-0.2, 0) is 4.74 Å². The van der Waals surface area contributed by atoms with Crippen LogP contribution in [0.3, 0.4) is 0 Å². The second-order valence-electron chi connectivity index (χ2n) is 5.95. The summed E-state index contributed by atoms with van der Waals surface area (Å²) in [5.74, 6) is -1.84. The van der Waals surface area contributed by atoms with Crippen LogP contribution < -0.4 is 10.1 Å². The number of benzene rings is 2. The molecule has 144 valence electrons. The summed E-state index contributed by atoms with van der Waals surface area (Å²) >= 11 is 0. The van der Waals surface area contributed by atoms with Crippen molar-refractivity contribution in [3.63, 3.8) is 0 Å². The van der Waals surface area contributed by atoms with Gasteiger partial charge in [0.15, 0.2) is 0 Å². The minimum atomic E-state index is -0.675. The van der Waals surface area contributed by atoms with E-state index in [1.807, 2.05) is 0 Å². The first kappa shape index (κ1) is 19.5. The van der Waals surface area contributed by atoms with Gasteiger partial charge in [-0.1, -0.05) is 6.07 Å². The molecule has 5 nitrogen and oxygen atoms in total. The van der Waals surface area contributed by atoms with Gasteiger partial charge < -0.3 is 14.8 Å². The number of fused-ring (bicyclic) bond motifs is 1. The summed E-state index contributed by atoms with van der Waals surface area (Å²) in [6, 6.07) is 7.33. The van der Waals surface area contributed by atoms with Gasteiger partial charge in [0.2, 0.25) is 5.88 Å². The molecule has 4 rings (SSSR count). The van der Waals surface area contributed by atoms with Crippen molar-refractivity contribution in [3.8, 4) is 11.6 Å². The number of hydrogen-bond acceptors (Lipinski definition) is 4. The topological polar surface area (TPSA) is 48.3 Å². The summed E-state index contributed by atoms with van der Waals surface area (Å²) in [6.45, 7) is 2.10. The lowest BCUT2D eigenvalue weighted by Gasteiger charge is -2.23. The van der Waals surface area contributed by atoms with Crippen molar-refractivity contribution in [2.75, 3.05) is 26.3 Å². The summed E-state index contributed by atoms with van der Waals surface area (Å²) in [6.07, 6.45) is -0.193. The van der Waals surface area contributed by atoms with Gasteiger partial charge in [-0.05, 0) is 24.3 Å². The molecule has 27 heavy (non-hydrogen) atoms. The maximum absolute atomic E-state index is 14.4. The Hall–Kier alpha value is -2.29. The average molecular weight is 400 g/mol. The molecule has 2 aromatic carbocycles. The van der Waals surface area contributed by atoms with Crippen LogP contribution >= 0.6 is 12.4 Å². The molecule has 1 fully saturated rings. The maximum Gasteiger partial charge on any atom is 0.244 e. The fraction of sp³-hybridized carbons (Fsp3) is 0.278. The van der Waals surface area contributed by atoms with E-state index in [4.69, 9.17) is 9.47 Å². The average Bonchev–Trinajstić information content (AvgIpc) is 3.03. The van der Waals surface area contributed by atoms with Gasteiger partial charge in [0.1, 0.15) is 35.8 Å². The summed E-state index contributed by atoms with van der Waals surface area (Å²) in [5, 5.41) is 7.46. The van der Waals surface area contributed by atoms with Crippen LogP contribution in [0.4, 0.5) is 13.2 Å². The van der Waals surface area contributed by atoms with Gasteiger partial charge in [0, 0.05) is 19.2 Å². The molecule has 1 saturated heterocycles. The third kappa shape index (κ3) is 3.87. The normalized spacial score (nSPS) is 16.9. The lowest BCUT2D eigenvalue weighted by Crippen LogP contribution is -2.41. The highest BCUT2D eigenvalue weighted by Gasteiger charge is 2.21. The van der Waals surface area contributed by atoms with Crippen molar-refractivity contribution >= 4 is 23.3 Å². The van der Waals surface area contributed by atoms with Crippen LogP contribution in [0.15, 0.2) is 36.4 Å². The highest BCUT2D eigenvalue weighted by atomic mass is 35.5. The number of morpholine rings is 1. The van der Waals surface area contributed by atoms with Crippen LogP contribution in [0.2, 0.25) is 0 Å². The molecular formula is C18H17ClF3N3O2. The largest absolute Gasteiger partial charge is 0.473 e. The molecule has 1 aliphatic heterocycles. The van der Waals surface area contributed by atoms with Gasteiger partial charge in [-0.15, -0.1) is 17.5 Å². The van der Waals surface area contributed by atoms with Crippen molar-refractivity contribution in [3.05, 3.63) is 53.8 Å². The van der Waals surface area contributed by atoms with Crippen LogP contribution in [0.25, 0.3) is 16.6 Å². The Morgan fingerprint density at radius 3 is 2.81 bits per heavy atom. The number of nitrogens with zero attached hydrogens (tertiary/aromatic N) is 2. The fourth-order valence-corrected chi connectivity index (χ4v) is 2.93. The summed E-state index contributed by atoms with van der Waals surface area (Å²) < 4.78 is 54.5. The van der Waals surface area contributed by atoms with Gasteiger partial charge >= 0.3 is 0 Å². The van der Waals surface area contributed by atoms with E-state index in [0.717, 1.165) is 29.4 Å². The molecule has 2 heterocycles. The summed E-state index contributed by atoms with van der Waals surface area (Å²) in [7, 11) is 0. The molecule has 1 aliphatic rings. The Kier molecular flexibility index (Phi) is 5.88. The van der Waals surface area contributed by atoms with Gasteiger partial charge in [0.05, 0.1) is 17.5 Å². The number of nitrogens with one attached hydrogen (secondary N) is 1. The zero-order chi connectivity index (χ0) is 18.1. The lowest BCUT2D eigenvalue weighted by molar-refractivity contribution is -0.000540. The molecule has 1 aromatic heterocycles. The van der Waals surface area contributed by atoms with E-state index in [1.54, 1.807) is 6.07 Å². The van der Waals surface area contributed by atoms with Crippen molar-refractivity contribution < 1.29 is 22.6 Å². The third-order valence-corrected chi connectivity index (χ3v) is 4.17. The fourth-order valence-electron chi connectivity index (χ4n) is 2.93. The molecule has 9 heteroatoms. The Balaban J connectivity index is 0.00000210. The quantitative estimate of drug-likeness (QED) is 0.731. The predicted octanol–water partition coefficient (Wildman–Crippen LogP) is 3.23. The van der Waals surface area contributed by atoms with E-state index in [1.165, 1.54) is 12.1 Å². The first-order valence-corrected chi connectivity index (χ1v) is 8.21. The molecule has 0 bridgehead atoms. The number of aromatic nitrogens is 2. The highest BCUT2D eigenvalue weighted by Crippen LogP contribution is 2.31. The van der Waals surface area contributed by atoms with Crippen molar-refractivity contribution in [1.82, 2.24) is 15.1 Å². The van der Waals surface area contributed by atoms with Crippen molar-refractivity contribution in [2.45, 2.75) is 6.10 Å². The van der Waals surface area contributed by atoms with E-state index in [0.29, 0.717) is 13.2 Å². The zero-order valence-corrected chi connectivity index (χ0v) is 14.9. The van der Waals surface area contributed by atoms with Gasteiger partial charge in [-0.2, -0.15) is 0 Å². The van der Waals surface area contributed by atoms with E-state index in [2.05, 4.69) is 10.4 Å². The summed E-state index contributed by atoms with van der Waals surface area (Å²) in [4.78, 5) is 0. The highest BCUT2D eigenvalue weighted by molar-refractivity contribution is 5.86. The molecule has 0 spiro atoms. The van der Waals surface area contributed by atoms with Gasteiger partial charge in [-0.25, -0.2) is 17.9 Å². The monoisotopic (exact) mass is 399 g/mol. The van der Waals surface area contributed by atoms with Crippen molar-refractivity contribution in [2.24, 2.45) is 0 Å². The zero-order valence-electron chi connectivity index (χ0n) is 14.1. The van der Waals surface area contributed by atoms with E-state index < -0.39 is 17.5 Å². The Labute approximate surface area is 159 Å². The van der Waals surface area contributed by atoms with Gasteiger partial charge in [-0.3, -0.25) is 0 Å². The third-order valence-electron chi connectivity index (χ3n) is 4.17. The van der Waals surface area contributed by atoms with Crippen LogP contribution in [0, 0.1) is 17.5 Å². The standard InChI is InChI=1S/C18H16F3N3O2.ClH/c19-11-4-5-13(20)16(8-11)24-15-3-1-2-14(21)17(15)18(23-24)26-10-12-9-22-6-7-25-12;/h1-5,8,12,22H,6-7,9-10H2;1H/t12-;/m0./s1. The smallest absolute Gasteiger partial charge is 0.244 e. The minimum Gasteiger partial charge on any atom is -0.473 e. The molecule has 1 atom stereocenters. The molecule has 0 saturated carbocycles. The summed E-state index contributed by atoms with van der Waals surface area (Å²) in [5.41, 5.74) is 0.165. The van der Waals surface area contributed by atoms with Crippen LogP contribution in [0.1, 0.15) is 0 Å². The molecule has 1 N–H and O–H groups in total. The lowest BCUT2D eigenvalue weighted by atomic mass is 10.2. The van der Waals surface area contributed by atoms with E-state index >= 15 is 0 Å². The first-order valence-electron chi connectivity index (χ1n) is 8.21. The SMILES string of the molecule is Cl.Fc1ccc(F)c(-n2nc(OC[C@@H]3CNCCO3)c3c(F)cccc32)c1. The van der Waals surface area contributed by atoms with Crippen LogP contribution in [-0.4, -0.2) is 42.2 Å². The van der Waals surface area contributed by atoms with Crippen molar-refractivity contribution in [1.29, 1.82) is 0 Å². The first-order chi connectivity index (χ1) is 12.6. The van der Waals surface area contributed by atoms with E-state index in [-0.39, 0.29) is 47.6 Å². The Morgan fingerprint density at radius 1 is 1.19 bits per heavy atom. The molecule has 0 unspecified atom stereocenters. The second-order valence-corrected chi connectivity index (χ2v) is 5.95. The minimum absolute atomic E-state index is 0. The molecule has 0 aliphatic carbocycles. The number of halogens is 4. The second kappa shape index (κ2) is 8.16. The molecule has 0 amide bonds. The Morgan fingerprint density at radius 2 is 2.04 bits per heavy atom. The molecular weight excluding hydrogens is 383 g/mol. The number of ether oxygens (including phenoxy) is 2. The number of hydrogen-bond donors (Lipinski definition) is 1. The predicted molar refractivity (Wildman–Crippen MR) is 96.3 cm³/mol. The van der Waals surface area contributed by atoms with E-state index in [9.17, 15) is 13.2 Å². The van der Waals surface area contributed by atoms with Crippen LogP contribution in [0.5, 0.6) is 5.88 Å². The Bertz CT molecular complexity index is 945.